The van der Waals surface area contributed by atoms with Crippen molar-refractivity contribution in [1.82, 2.24) is 4.98 Å². The van der Waals surface area contributed by atoms with E-state index in [1.54, 1.807) is 13.3 Å². The summed E-state index contributed by atoms with van der Waals surface area (Å²) in [5.74, 6) is 0.0838. The van der Waals surface area contributed by atoms with E-state index < -0.39 is 0 Å². The minimum Gasteiger partial charge on any atom is -0.462 e. The van der Waals surface area contributed by atoms with E-state index in [0.717, 1.165) is 59.1 Å². The molecule has 2 aromatic rings. The van der Waals surface area contributed by atoms with Gasteiger partial charge in [0, 0.05) is 36.8 Å². The van der Waals surface area contributed by atoms with Crippen molar-refractivity contribution < 1.29 is 9.53 Å². The fraction of sp³-hybridized carbons (Fsp3) is 0.400. The summed E-state index contributed by atoms with van der Waals surface area (Å²) in [6, 6.07) is 8.17. The maximum atomic E-state index is 13.1. The first-order chi connectivity index (χ1) is 14.1. The highest BCUT2D eigenvalue weighted by atomic mass is 16.5. The SMILES string of the molecule is CCCCC(CC)COC(=O)C(/C=N/C)=C1/c2ccccc2-c2c(C)cncc21. The Morgan fingerprint density at radius 3 is 2.62 bits per heavy atom. The smallest absolute Gasteiger partial charge is 0.340 e. The van der Waals surface area contributed by atoms with Crippen molar-refractivity contribution in [2.75, 3.05) is 13.7 Å². The van der Waals surface area contributed by atoms with Crippen LogP contribution >= 0.6 is 0 Å². The van der Waals surface area contributed by atoms with Crippen LogP contribution in [0, 0.1) is 12.8 Å². The van der Waals surface area contributed by atoms with Crippen molar-refractivity contribution in [3.8, 4) is 11.1 Å². The van der Waals surface area contributed by atoms with Crippen LogP contribution in [0.2, 0.25) is 0 Å². The van der Waals surface area contributed by atoms with E-state index in [1.165, 1.54) is 0 Å². The molecule has 1 heterocycles. The number of ether oxygens (including phenoxy) is 1. The maximum absolute atomic E-state index is 13.1. The number of pyridine rings is 1. The second-order valence-electron chi connectivity index (χ2n) is 7.62. The molecule has 0 N–H and O–H groups in total. The summed E-state index contributed by atoms with van der Waals surface area (Å²) in [7, 11) is 1.68. The molecule has 1 aromatic heterocycles. The predicted molar refractivity (Wildman–Crippen MR) is 119 cm³/mol. The van der Waals surface area contributed by atoms with Gasteiger partial charge >= 0.3 is 5.97 Å². The molecule has 1 unspecified atom stereocenters. The molecule has 4 heteroatoms. The number of fused-ring (bicyclic) bond motifs is 3. The third-order valence-corrected chi connectivity index (χ3v) is 5.61. The summed E-state index contributed by atoms with van der Waals surface area (Å²) in [4.78, 5) is 21.7. The number of benzene rings is 1. The van der Waals surface area contributed by atoms with Gasteiger partial charge in [0.2, 0.25) is 0 Å². The second kappa shape index (κ2) is 9.64. The quantitative estimate of drug-likeness (QED) is 0.284. The van der Waals surface area contributed by atoms with Gasteiger partial charge in [-0.05, 0) is 41.5 Å². The van der Waals surface area contributed by atoms with E-state index >= 15 is 0 Å². The molecule has 1 atom stereocenters. The molecule has 0 saturated heterocycles. The fourth-order valence-corrected chi connectivity index (χ4v) is 3.98. The molecule has 3 rings (SSSR count). The summed E-state index contributed by atoms with van der Waals surface area (Å²) in [6.07, 6.45) is 9.74. The molecule has 0 bridgehead atoms. The Balaban J connectivity index is 2.02. The lowest BCUT2D eigenvalue weighted by molar-refractivity contribution is -0.139. The van der Waals surface area contributed by atoms with E-state index in [9.17, 15) is 4.79 Å². The predicted octanol–water partition coefficient (Wildman–Crippen LogP) is 5.63. The van der Waals surface area contributed by atoms with Gasteiger partial charge in [-0.15, -0.1) is 0 Å². The summed E-state index contributed by atoms with van der Waals surface area (Å²) < 4.78 is 5.77. The standard InChI is InChI=1S/C25H30N2O2/c1-5-7-10-18(6-2)16-29-25(28)22(14-26-4)24-20-12-9-8-11-19(20)23-17(3)13-27-15-21(23)24/h8-9,11-15,18H,5-7,10,16H2,1-4H3/b24-22-,26-14+. The number of carbonyl (C=O) groups excluding carboxylic acids is 1. The molecular weight excluding hydrogens is 360 g/mol. The Kier molecular flexibility index (Phi) is 6.97. The monoisotopic (exact) mass is 390 g/mol. The number of aliphatic imine (C=N–C) groups is 1. The lowest BCUT2D eigenvalue weighted by Crippen LogP contribution is -2.17. The molecule has 0 radical (unpaired) electrons. The molecule has 1 aliphatic carbocycles. The van der Waals surface area contributed by atoms with E-state index in [0.29, 0.717) is 18.1 Å². The Hall–Kier alpha value is -2.75. The van der Waals surface area contributed by atoms with Crippen LogP contribution in [0.3, 0.4) is 0 Å². The fourth-order valence-electron chi connectivity index (χ4n) is 3.98. The van der Waals surface area contributed by atoms with Crippen molar-refractivity contribution in [2.24, 2.45) is 10.9 Å². The minimum absolute atomic E-state index is 0.315. The van der Waals surface area contributed by atoms with Crippen LogP contribution in [0.5, 0.6) is 0 Å². The Labute approximate surface area is 173 Å². The first-order valence-corrected chi connectivity index (χ1v) is 10.5. The largest absolute Gasteiger partial charge is 0.462 e. The van der Waals surface area contributed by atoms with Gasteiger partial charge in [0.05, 0.1) is 12.2 Å². The molecule has 0 aliphatic heterocycles. The van der Waals surface area contributed by atoms with Crippen molar-refractivity contribution in [2.45, 2.75) is 46.5 Å². The van der Waals surface area contributed by atoms with Crippen LogP contribution in [-0.4, -0.2) is 30.8 Å². The van der Waals surface area contributed by atoms with Crippen molar-refractivity contribution >= 4 is 17.8 Å². The molecule has 4 nitrogen and oxygen atoms in total. The lowest BCUT2D eigenvalue weighted by atomic mass is 9.98. The third-order valence-electron chi connectivity index (χ3n) is 5.61. The van der Waals surface area contributed by atoms with Gasteiger partial charge in [-0.3, -0.25) is 9.98 Å². The van der Waals surface area contributed by atoms with Crippen LogP contribution in [0.15, 0.2) is 47.2 Å². The highest BCUT2D eigenvalue weighted by molar-refractivity contribution is 6.21. The number of aromatic nitrogens is 1. The first-order valence-electron chi connectivity index (χ1n) is 10.5. The van der Waals surface area contributed by atoms with Crippen LogP contribution in [0.4, 0.5) is 0 Å². The van der Waals surface area contributed by atoms with Crippen LogP contribution in [0.25, 0.3) is 16.7 Å². The second-order valence-corrected chi connectivity index (χ2v) is 7.62. The molecule has 1 aromatic carbocycles. The van der Waals surface area contributed by atoms with E-state index in [1.807, 2.05) is 24.5 Å². The van der Waals surface area contributed by atoms with Gasteiger partial charge in [0.25, 0.3) is 0 Å². The van der Waals surface area contributed by atoms with Gasteiger partial charge in [-0.25, -0.2) is 4.79 Å². The summed E-state index contributed by atoms with van der Waals surface area (Å²) in [6.45, 7) is 6.84. The Bertz CT molecular complexity index is 944. The number of carbonyl (C=O) groups is 1. The van der Waals surface area contributed by atoms with Crippen molar-refractivity contribution in [1.29, 1.82) is 0 Å². The number of unbranched alkanes of at least 4 members (excludes halogenated alkanes) is 1. The Morgan fingerprint density at radius 2 is 1.93 bits per heavy atom. The van der Waals surface area contributed by atoms with Gasteiger partial charge < -0.3 is 4.74 Å². The zero-order chi connectivity index (χ0) is 20.8. The highest BCUT2D eigenvalue weighted by Crippen LogP contribution is 2.46. The van der Waals surface area contributed by atoms with E-state index in [4.69, 9.17) is 4.74 Å². The van der Waals surface area contributed by atoms with Gasteiger partial charge in [-0.2, -0.15) is 0 Å². The average molecular weight is 391 g/mol. The number of aryl methyl sites for hydroxylation is 1. The van der Waals surface area contributed by atoms with Crippen LogP contribution in [0.1, 0.15) is 56.2 Å². The van der Waals surface area contributed by atoms with Gasteiger partial charge in [0.1, 0.15) is 0 Å². The number of rotatable bonds is 8. The number of nitrogens with zero attached hydrogens (tertiary/aromatic N) is 2. The zero-order valence-electron chi connectivity index (χ0n) is 17.9. The van der Waals surface area contributed by atoms with E-state index in [2.05, 4.69) is 42.9 Å². The Morgan fingerprint density at radius 1 is 1.17 bits per heavy atom. The summed E-state index contributed by atoms with van der Waals surface area (Å²) >= 11 is 0. The lowest BCUT2D eigenvalue weighted by Gasteiger charge is -2.16. The van der Waals surface area contributed by atoms with E-state index in [-0.39, 0.29) is 5.97 Å². The highest BCUT2D eigenvalue weighted by Gasteiger charge is 2.30. The average Bonchev–Trinajstić information content (AvgIpc) is 3.07. The number of hydrogen-bond acceptors (Lipinski definition) is 4. The molecule has 0 amide bonds. The number of esters is 1. The minimum atomic E-state index is -0.315. The molecular formula is C25H30N2O2. The van der Waals surface area contributed by atoms with Crippen molar-refractivity contribution in [3.63, 3.8) is 0 Å². The summed E-state index contributed by atoms with van der Waals surface area (Å²) in [5, 5.41) is 0. The topological polar surface area (TPSA) is 51.5 Å². The zero-order valence-corrected chi connectivity index (χ0v) is 17.9. The normalized spacial score (nSPS) is 15.2. The molecule has 0 spiro atoms. The van der Waals surface area contributed by atoms with Crippen LogP contribution < -0.4 is 0 Å². The molecule has 29 heavy (non-hydrogen) atoms. The first kappa shape index (κ1) is 21.0. The third kappa shape index (κ3) is 4.31. The van der Waals surface area contributed by atoms with Crippen LogP contribution in [-0.2, 0) is 9.53 Å². The number of hydrogen-bond donors (Lipinski definition) is 0. The summed E-state index contributed by atoms with van der Waals surface area (Å²) in [5.41, 5.74) is 6.72. The van der Waals surface area contributed by atoms with Gasteiger partial charge in [0.15, 0.2) is 0 Å². The van der Waals surface area contributed by atoms with Crippen molar-refractivity contribution in [3.05, 3.63) is 58.9 Å². The maximum Gasteiger partial charge on any atom is 0.340 e. The molecule has 152 valence electrons. The molecule has 0 fully saturated rings. The molecule has 1 aliphatic rings. The molecule has 0 saturated carbocycles. The van der Waals surface area contributed by atoms with Gasteiger partial charge in [-0.1, -0.05) is 57.4 Å².